The molecule has 1 aliphatic rings. The van der Waals surface area contributed by atoms with Crippen molar-refractivity contribution in [2.45, 2.75) is 19.3 Å². The summed E-state index contributed by atoms with van der Waals surface area (Å²) in [4.78, 5) is 25.1. The minimum absolute atomic E-state index is 0.0589. The molecule has 1 saturated carbocycles. The number of anilines is 1. The third kappa shape index (κ3) is 2.68. The Bertz CT molecular complexity index is 428. The summed E-state index contributed by atoms with van der Waals surface area (Å²) in [6, 6.07) is 2.77. The van der Waals surface area contributed by atoms with Crippen LogP contribution in [0, 0.1) is 16.0 Å². The summed E-state index contributed by atoms with van der Waals surface area (Å²) in [7, 11) is 0. The van der Waals surface area contributed by atoms with E-state index in [9.17, 15) is 14.9 Å². The minimum Gasteiger partial charge on any atom is -0.282 e. The van der Waals surface area contributed by atoms with E-state index in [0.717, 1.165) is 25.5 Å². The molecule has 17 heavy (non-hydrogen) atoms. The van der Waals surface area contributed by atoms with Crippen molar-refractivity contribution in [1.29, 1.82) is 0 Å². The number of hydrogen-bond acceptors (Lipinski definition) is 5. The SMILES string of the molecule is O=C(NNc1ccc([N+](=O)[O-])cn1)C1CCC1. The van der Waals surface area contributed by atoms with Gasteiger partial charge in [-0.2, -0.15) is 0 Å². The fourth-order valence-corrected chi connectivity index (χ4v) is 1.47. The summed E-state index contributed by atoms with van der Waals surface area (Å²) in [6.45, 7) is 0. The van der Waals surface area contributed by atoms with E-state index < -0.39 is 4.92 Å². The zero-order chi connectivity index (χ0) is 12.3. The van der Waals surface area contributed by atoms with Gasteiger partial charge >= 0.3 is 0 Å². The summed E-state index contributed by atoms with van der Waals surface area (Å²) < 4.78 is 0. The predicted molar refractivity (Wildman–Crippen MR) is 60.0 cm³/mol. The van der Waals surface area contributed by atoms with Crippen LogP contribution < -0.4 is 10.9 Å². The van der Waals surface area contributed by atoms with Gasteiger partial charge in [-0.15, -0.1) is 0 Å². The van der Waals surface area contributed by atoms with Crippen LogP contribution in [0.2, 0.25) is 0 Å². The Labute approximate surface area is 97.4 Å². The molecule has 1 heterocycles. The molecule has 1 aliphatic carbocycles. The van der Waals surface area contributed by atoms with Gasteiger partial charge in [0.15, 0.2) is 0 Å². The van der Waals surface area contributed by atoms with Gasteiger partial charge in [0.05, 0.1) is 4.92 Å². The molecule has 0 bridgehead atoms. The van der Waals surface area contributed by atoms with Crippen LogP contribution in [0.25, 0.3) is 0 Å². The van der Waals surface area contributed by atoms with E-state index >= 15 is 0 Å². The fourth-order valence-electron chi connectivity index (χ4n) is 1.47. The van der Waals surface area contributed by atoms with Gasteiger partial charge in [0.2, 0.25) is 5.91 Å². The topological polar surface area (TPSA) is 97.2 Å². The second-order valence-electron chi connectivity index (χ2n) is 3.90. The number of rotatable bonds is 4. The molecule has 0 saturated heterocycles. The number of aromatic nitrogens is 1. The largest absolute Gasteiger partial charge is 0.287 e. The molecule has 0 radical (unpaired) electrons. The highest BCUT2D eigenvalue weighted by Gasteiger charge is 2.24. The first-order chi connectivity index (χ1) is 8.16. The summed E-state index contributed by atoms with van der Waals surface area (Å²) in [5.41, 5.74) is 5.07. The third-order valence-corrected chi connectivity index (χ3v) is 2.75. The maximum Gasteiger partial charge on any atom is 0.287 e. The summed E-state index contributed by atoms with van der Waals surface area (Å²) in [5, 5.41) is 10.4. The average Bonchev–Trinajstić information content (AvgIpc) is 2.24. The summed E-state index contributed by atoms with van der Waals surface area (Å²) in [6.07, 6.45) is 4.06. The zero-order valence-corrected chi connectivity index (χ0v) is 9.05. The monoisotopic (exact) mass is 236 g/mol. The number of hydrogen-bond donors (Lipinski definition) is 2. The highest BCUT2D eigenvalue weighted by molar-refractivity contribution is 5.80. The third-order valence-electron chi connectivity index (χ3n) is 2.75. The Morgan fingerprint density at radius 3 is 2.71 bits per heavy atom. The quantitative estimate of drug-likeness (QED) is 0.605. The molecule has 2 rings (SSSR count). The molecule has 7 heteroatoms. The van der Waals surface area contributed by atoms with Gasteiger partial charge in [-0.05, 0) is 18.9 Å². The van der Waals surface area contributed by atoms with E-state index in [0.29, 0.717) is 5.82 Å². The van der Waals surface area contributed by atoms with Crippen LogP contribution in [0.4, 0.5) is 11.5 Å². The average molecular weight is 236 g/mol. The smallest absolute Gasteiger partial charge is 0.282 e. The lowest BCUT2D eigenvalue weighted by atomic mass is 9.85. The molecule has 7 nitrogen and oxygen atoms in total. The van der Waals surface area contributed by atoms with Gasteiger partial charge in [-0.3, -0.25) is 25.8 Å². The summed E-state index contributed by atoms with van der Waals surface area (Å²) in [5.74, 6) is 0.403. The van der Waals surface area contributed by atoms with Crippen molar-refractivity contribution in [1.82, 2.24) is 10.4 Å². The lowest BCUT2D eigenvalue weighted by Crippen LogP contribution is -2.38. The van der Waals surface area contributed by atoms with E-state index in [2.05, 4.69) is 15.8 Å². The molecule has 0 aliphatic heterocycles. The molecule has 0 spiro atoms. The van der Waals surface area contributed by atoms with Crippen molar-refractivity contribution in [3.63, 3.8) is 0 Å². The lowest BCUT2D eigenvalue weighted by molar-refractivity contribution is -0.385. The first-order valence-corrected chi connectivity index (χ1v) is 5.33. The molecule has 0 atom stereocenters. The number of nitrogens with zero attached hydrogens (tertiary/aromatic N) is 2. The molecule has 1 amide bonds. The van der Waals surface area contributed by atoms with Crippen LogP contribution in [0.15, 0.2) is 18.3 Å². The zero-order valence-electron chi connectivity index (χ0n) is 9.05. The van der Waals surface area contributed by atoms with Crippen molar-refractivity contribution < 1.29 is 9.72 Å². The first-order valence-electron chi connectivity index (χ1n) is 5.33. The Morgan fingerprint density at radius 1 is 1.47 bits per heavy atom. The van der Waals surface area contributed by atoms with Gasteiger partial charge < -0.3 is 0 Å². The van der Waals surface area contributed by atoms with Gasteiger partial charge in [-0.25, -0.2) is 4.98 Å². The van der Waals surface area contributed by atoms with Gasteiger partial charge in [0.1, 0.15) is 12.0 Å². The molecule has 1 aromatic rings. The van der Waals surface area contributed by atoms with Crippen molar-refractivity contribution in [3.8, 4) is 0 Å². The maximum atomic E-state index is 11.5. The van der Waals surface area contributed by atoms with Crippen LogP contribution in [0.3, 0.4) is 0 Å². The van der Waals surface area contributed by atoms with Crippen LogP contribution in [-0.4, -0.2) is 15.8 Å². The molecule has 2 N–H and O–H groups in total. The van der Waals surface area contributed by atoms with Crippen molar-refractivity contribution in [2.24, 2.45) is 5.92 Å². The summed E-state index contributed by atoms with van der Waals surface area (Å²) >= 11 is 0. The molecule has 1 aromatic heterocycles. The van der Waals surface area contributed by atoms with E-state index in [1.165, 1.54) is 12.1 Å². The highest BCUT2D eigenvalue weighted by atomic mass is 16.6. The van der Waals surface area contributed by atoms with E-state index in [1.807, 2.05) is 0 Å². The van der Waals surface area contributed by atoms with Crippen LogP contribution in [0.1, 0.15) is 19.3 Å². The molecular formula is C10H12N4O3. The fraction of sp³-hybridized carbons (Fsp3) is 0.400. The van der Waals surface area contributed by atoms with E-state index in [1.54, 1.807) is 0 Å². The van der Waals surface area contributed by atoms with Crippen molar-refractivity contribution >= 4 is 17.4 Å². The van der Waals surface area contributed by atoms with Crippen LogP contribution in [-0.2, 0) is 4.79 Å². The van der Waals surface area contributed by atoms with Crippen molar-refractivity contribution in [3.05, 3.63) is 28.4 Å². The molecule has 0 aromatic carbocycles. The number of nitrogens with one attached hydrogen (secondary N) is 2. The Hall–Kier alpha value is -2.18. The number of pyridine rings is 1. The Balaban J connectivity index is 1.86. The van der Waals surface area contributed by atoms with Gasteiger partial charge in [0, 0.05) is 12.0 Å². The van der Waals surface area contributed by atoms with E-state index in [-0.39, 0.29) is 17.5 Å². The highest BCUT2D eigenvalue weighted by Crippen LogP contribution is 2.26. The maximum absolute atomic E-state index is 11.5. The second-order valence-corrected chi connectivity index (χ2v) is 3.90. The second kappa shape index (κ2) is 4.77. The van der Waals surface area contributed by atoms with Crippen LogP contribution >= 0.6 is 0 Å². The number of amides is 1. The van der Waals surface area contributed by atoms with E-state index in [4.69, 9.17) is 0 Å². The molecule has 0 unspecified atom stereocenters. The van der Waals surface area contributed by atoms with Crippen LogP contribution in [0.5, 0.6) is 0 Å². The standard InChI is InChI=1S/C10H12N4O3/c15-10(7-2-1-3-7)13-12-9-5-4-8(6-11-9)14(16)17/h4-7H,1-3H2,(H,11,12)(H,13,15). The number of hydrazine groups is 1. The van der Waals surface area contributed by atoms with Gasteiger partial charge in [-0.1, -0.05) is 6.42 Å². The lowest BCUT2D eigenvalue weighted by Gasteiger charge is -2.24. The molecular weight excluding hydrogens is 224 g/mol. The minimum atomic E-state index is -0.524. The Kier molecular flexibility index (Phi) is 3.17. The van der Waals surface area contributed by atoms with Gasteiger partial charge in [0.25, 0.3) is 5.69 Å². The number of nitro groups is 1. The number of carbonyl (C=O) groups is 1. The normalized spacial score (nSPS) is 14.8. The van der Waals surface area contributed by atoms with Crippen molar-refractivity contribution in [2.75, 3.05) is 5.43 Å². The molecule has 1 fully saturated rings. The number of carbonyl (C=O) groups excluding carboxylic acids is 1. The molecule has 90 valence electrons. The Morgan fingerprint density at radius 2 is 2.24 bits per heavy atom. The first kappa shape index (κ1) is 11.3. The predicted octanol–water partition coefficient (Wildman–Crippen LogP) is 1.23.